The van der Waals surface area contributed by atoms with Gasteiger partial charge in [-0.3, -0.25) is 9.59 Å². The summed E-state index contributed by atoms with van der Waals surface area (Å²) in [6.45, 7) is -0.0569. The second-order valence-electron chi connectivity index (χ2n) is 10.0. The van der Waals surface area contributed by atoms with Crippen LogP contribution in [0.2, 0.25) is 5.02 Å². The van der Waals surface area contributed by atoms with Crippen LogP contribution in [-0.2, 0) is 22.6 Å². The number of hydrogen-bond acceptors (Lipinski definition) is 5. The van der Waals surface area contributed by atoms with Crippen LogP contribution in [0.5, 0.6) is 17.2 Å². The summed E-state index contributed by atoms with van der Waals surface area (Å²) in [4.78, 5) is 29.3. The Kier molecular flexibility index (Phi) is 10.7. The molecule has 0 aromatic heterocycles. The first kappa shape index (κ1) is 29.3. The maximum atomic E-state index is 13.9. The molecule has 2 amide bonds. The highest BCUT2D eigenvalue weighted by Gasteiger charge is 2.32. The summed E-state index contributed by atoms with van der Waals surface area (Å²) in [6, 6.07) is 21.6. The second-order valence-corrected chi connectivity index (χ2v) is 10.5. The minimum Gasteiger partial charge on any atom is -0.496 e. The number of ether oxygens (including phenoxy) is 3. The average molecular weight is 565 g/mol. The van der Waals surface area contributed by atoms with E-state index in [1.807, 2.05) is 48.5 Å². The summed E-state index contributed by atoms with van der Waals surface area (Å²) in [6.07, 6.45) is 5.65. The molecule has 3 aromatic rings. The van der Waals surface area contributed by atoms with Gasteiger partial charge in [-0.1, -0.05) is 73.3 Å². The van der Waals surface area contributed by atoms with Crippen LogP contribution in [-0.4, -0.2) is 49.6 Å². The van der Waals surface area contributed by atoms with Gasteiger partial charge in [-0.2, -0.15) is 0 Å². The Balaban J connectivity index is 1.62. The van der Waals surface area contributed by atoms with Crippen molar-refractivity contribution >= 4 is 23.4 Å². The molecular weight excluding hydrogens is 528 g/mol. The summed E-state index contributed by atoms with van der Waals surface area (Å²) in [5, 5.41) is 3.81. The van der Waals surface area contributed by atoms with E-state index in [9.17, 15) is 9.59 Å². The Morgan fingerprint density at radius 2 is 1.52 bits per heavy atom. The number of carbonyl (C=O) groups is 2. The van der Waals surface area contributed by atoms with Gasteiger partial charge in [-0.05, 0) is 36.1 Å². The SMILES string of the molecule is COc1cc(OC)cc(OCC(=O)N(Cc2cccc(Cl)c2)[C@H](Cc2ccccc2)C(=O)NC2CCCCC2)c1. The Morgan fingerprint density at radius 3 is 2.17 bits per heavy atom. The van der Waals surface area contributed by atoms with Crippen molar-refractivity contribution < 1.29 is 23.8 Å². The molecule has 1 fully saturated rings. The van der Waals surface area contributed by atoms with Crippen LogP contribution in [0.1, 0.15) is 43.2 Å². The standard InChI is InChI=1S/C32H37ClN2O5/c1-38-27-18-28(39-2)20-29(19-27)40-22-31(36)35(21-24-12-9-13-25(33)16-24)30(17-23-10-5-3-6-11-23)32(37)34-26-14-7-4-8-15-26/h3,5-6,9-13,16,18-20,26,30H,4,7-8,14-15,17,21-22H2,1-2H3,(H,34,37)/t30-/m1/s1. The molecule has 0 aliphatic heterocycles. The van der Waals surface area contributed by atoms with E-state index in [-0.39, 0.29) is 31.0 Å². The van der Waals surface area contributed by atoms with E-state index in [1.165, 1.54) is 6.42 Å². The number of nitrogens with one attached hydrogen (secondary N) is 1. The van der Waals surface area contributed by atoms with E-state index >= 15 is 0 Å². The van der Waals surface area contributed by atoms with E-state index in [1.54, 1.807) is 43.4 Å². The van der Waals surface area contributed by atoms with Crippen molar-refractivity contribution in [1.82, 2.24) is 10.2 Å². The molecule has 0 spiro atoms. The van der Waals surface area contributed by atoms with Crippen molar-refractivity contribution in [3.63, 3.8) is 0 Å². The molecule has 0 bridgehead atoms. The molecule has 4 rings (SSSR count). The molecule has 0 unspecified atom stereocenters. The van der Waals surface area contributed by atoms with Gasteiger partial charge >= 0.3 is 0 Å². The topological polar surface area (TPSA) is 77.1 Å². The van der Waals surface area contributed by atoms with Crippen molar-refractivity contribution in [1.29, 1.82) is 0 Å². The van der Waals surface area contributed by atoms with Crippen molar-refractivity contribution in [3.05, 3.63) is 88.9 Å². The largest absolute Gasteiger partial charge is 0.496 e. The summed E-state index contributed by atoms with van der Waals surface area (Å²) in [7, 11) is 3.10. The average Bonchev–Trinajstić information content (AvgIpc) is 2.98. The summed E-state index contributed by atoms with van der Waals surface area (Å²) in [5.74, 6) is 1.05. The number of nitrogens with zero attached hydrogens (tertiary/aromatic N) is 1. The number of halogens is 1. The summed E-state index contributed by atoms with van der Waals surface area (Å²) < 4.78 is 16.6. The fourth-order valence-electron chi connectivity index (χ4n) is 5.02. The zero-order chi connectivity index (χ0) is 28.3. The highest BCUT2D eigenvalue weighted by molar-refractivity contribution is 6.30. The van der Waals surface area contributed by atoms with Crippen molar-refractivity contribution in [2.24, 2.45) is 0 Å². The number of carbonyl (C=O) groups excluding carboxylic acids is 2. The molecule has 1 N–H and O–H groups in total. The lowest BCUT2D eigenvalue weighted by molar-refractivity contribution is -0.143. The van der Waals surface area contributed by atoms with Crippen LogP contribution in [0.3, 0.4) is 0 Å². The molecule has 8 heteroatoms. The van der Waals surface area contributed by atoms with Crippen LogP contribution in [0.15, 0.2) is 72.8 Å². The zero-order valence-corrected chi connectivity index (χ0v) is 23.9. The maximum Gasteiger partial charge on any atom is 0.261 e. The minimum absolute atomic E-state index is 0.114. The van der Waals surface area contributed by atoms with Crippen LogP contribution in [0, 0.1) is 0 Å². The Hall–Kier alpha value is -3.71. The molecule has 3 aromatic carbocycles. The normalized spacial score (nSPS) is 14.2. The molecule has 1 saturated carbocycles. The third-order valence-corrected chi connectivity index (χ3v) is 7.39. The first-order chi connectivity index (χ1) is 19.4. The Bertz CT molecular complexity index is 1240. The van der Waals surface area contributed by atoms with E-state index < -0.39 is 6.04 Å². The number of amides is 2. The molecule has 1 aliphatic carbocycles. The van der Waals surface area contributed by atoms with Gasteiger partial charge in [0.1, 0.15) is 23.3 Å². The van der Waals surface area contributed by atoms with E-state index in [2.05, 4.69) is 5.32 Å². The third-order valence-electron chi connectivity index (χ3n) is 7.15. The fraction of sp³-hybridized carbons (Fsp3) is 0.375. The fourth-order valence-corrected chi connectivity index (χ4v) is 5.24. The van der Waals surface area contributed by atoms with Gasteiger partial charge in [0.2, 0.25) is 5.91 Å². The predicted molar refractivity (Wildman–Crippen MR) is 156 cm³/mol. The van der Waals surface area contributed by atoms with Gasteiger partial charge < -0.3 is 24.4 Å². The van der Waals surface area contributed by atoms with Crippen molar-refractivity contribution in [2.75, 3.05) is 20.8 Å². The van der Waals surface area contributed by atoms with E-state index in [0.29, 0.717) is 28.7 Å². The molecule has 0 radical (unpaired) electrons. The Morgan fingerprint density at radius 1 is 0.875 bits per heavy atom. The lowest BCUT2D eigenvalue weighted by Gasteiger charge is -2.33. The predicted octanol–water partition coefficient (Wildman–Crippen LogP) is 5.83. The highest BCUT2D eigenvalue weighted by atomic mass is 35.5. The van der Waals surface area contributed by atoms with Crippen molar-refractivity contribution in [3.8, 4) is 17.2 Å². The first-order valence-electron chi connectivity index (χ1n) is 13.7. The molecular formula is C32H37ClN2O5. The first-order valence-corrected chi connectivity index (χ1v) is 14.1. The quantitative estimate of drug-likeness (QED) is 0.300. The van der Waals surface area contributed by atoms with Crippen LogP contribution in [0.25, 0.3) is 0 Å². The lowest BCUT2D eigenvalue weighted by atomic mass is 9.94. The molecule has 40 heavy (non-hydrogen) atoms. The molecule has 7 nitrogen and oxygen atoms in total. The molecule has 0 heterocycles. The number of methoxy groups -OCH3 is 2. The van der Waals surface area contributed by atoms with Gasteiger partial charge in [-0.25, -0.2) is 0 Å². The van der Waals surface area contributed by atoms with Gasteiger partial charge in [0, 0.05) is 42.2 Å². The number of benzene rings is 3. The monoisotopic (exact) mass is 564 g/mol. The van der Waals surface area contributed by atoms with Gasteiger partial charge in [-0.15, -0.1) is 0 Å². The minimum atomic E-state index is -0.737. The van der Waals surface area contributed by atoms with E-state index in [4.69, 9.17) is 25.8 Å². The third kappa shape index (κ3) is 8.39. The smallest absolute Gasteiger partial charge is 0.261 e. The summed E-state index contributed by atoms with van der Waals surface area (Å²) >= 11 is 6.28. The lowest BCUT2D eigenvalue weighted by Crippen LogP contribution is -2.53. The van der Waals surface area contributed by atoms with Gasteiger partial charge in [0.05, 0.1) is 14.2 Å². The van der Waals surface area contributed by atoms with Crippen LogP contribution in [0.4, 0.5) is 0 Å². The Labute approximate surface area is 241 Å². The van der Waals surface area contributed by atoms with Gasteiger partial charge in [0.25, 0.3) is 5.91 Å². The zero-order valence-electron chi connectivity index (χ0n) is 23.1. The molecule has 1 atom stereocenters. The maximum absolute atomic E-state index is 13.9. The summed E-state index contributed by atoms with van der Waals surface area (Å²) in [5.41, 5.74) is 1.79. The highest BCUT2D eigenvalue weighted by Crippen LogP contribution is 2.28. The second kappa shape index (κ2) is 14.6. The van der Waals surface area contributed by atoms with Crippen LogP contribution >= 0.6 is 11.6 Å². The van der Waals surface area contributed by atoms with Gasteiger partial charge in [0.15, 0.2) is 6.61 Å². The van der Waals surface area contributed by atoms with Crippen LogP contribution < -0.4 is 19.5 Å². The molecule has 212 valence electrons. The van der Waals surface area contributed by atoms with Crippen molar-refractivity contribution in [2.45, 2.75) is 57.2 Å². The van der Waals surface area contributed by atoms with E-state index in [0.717, 1.165) is 36.8 Å². The number of hydrogen-bond donors (Lipinski definition) is 1. The number of rotatable bonds is 12. The molecule has 0 saturated heterocycles. The molecule has 1 aliphatic rings.